The van der Waals surface area contributed by atoms with Crippen LogP contribution in [0.25, 0.3) is 0 Å². The minimum absolute atomic E-state index is 0.500. The summed E-state index contributed by atoms with van der Waals surface area (Å²) in [5.41, 5.74) is 6.25. The molecule has 0 atom stereocenters. The third-order valence-corrected chi connectivity index (χ3v) is 1.63. The van der Waals surface area contributed by atoms with E-state index in [0.29, 0.717) is 17.4 Å². The van der Waals surface area contributed by atoms with E-state index in [0.717, 1.165) is 5.69 Å². The molecule has 0 aliphatic rings. The van der Waals surface area contributed by atoms with E-state index < -0.39 is 0 Å². The van der Waals surface area contributed by atoms with Crippen LogP contribution in [0.2, 0.25) is 5.02 Å². The fourth-order valence-corrected chi connectivity index (χ4v) is 0.965. The van der Waals surface area contributed by atoms with E-state index in [9.17, 15) is 0 Å². The second kappa shape index (κ2) is 3.55. The number of pyridine rings is 1. The first-order valence-electron chi connectivity index (χ1n) is 3.29. The largest absolute Gasteiger partial charge is 0.384 e. The topological polar surface area (TPSA) is 50.9 Å². The van der Waals surface area contributed by atoms with Crippen molar-refractivity contribution in [2.75, 3.05) is 12.8 Å². The van der Waals surface area contributed by atoms with Gasteiger partial charge in [-0.05, 0) is 19.2 Å². The van der Waals surface area contributed by atoms with Gasteiger partial charge in [-0.25, -0.2) is 4.98 Å². The van der Waals surface area contributed by atoms with Crippen molar-refractivity contribution in [3.63, 3.8) is 0 Å². The Bertz CT molecular complexity index is 249. The number of nitrogens with zero attached hydrogens (tertiary/aromatic N) is 1. The van der Waals surface area contributed by atoms with Gasteiger partial charge in [0.25, 0.3) is 0 Å². The van der Waals surface area contributed by atoms with E-state index in [-0.39, 0.29) is 0 Å². The van der Waals surface area contributed by atoms with Gasteiger partial charge in [-0.2, -0.15) is 0 Å². The van der Waals surface area contributed by atoms with Gasteiger partial charge in [-0.15, -0.1) is 0 Å². The van der Waals surface area contributed by atoms with Crippen molar-refractivity contribution in [2.45, 2.75) is 6.54 Å². The van der Waals surface area contributed by atoms with Crippen LogP contribution in [0.1, 0.15) is 5.69 Å². The van der Waals surface area contributed by atoms with Gasteiger partial charge >= 0.3 is 0 Å². The maximum atomic E-state index is 5.82. The highest BCUT2D eigenvalue weighted by molar-refractivity contribution is 6.31. The van der Waals surface area contributed by atoms with E-state index in [4.69, 9.17) is 17.3 Å². The molecule has 1 aromatic rings. The molecule has 60 valence electrons. The number of halogens is 1. The van der Waals surface area contributed by atoms with Gasteiger partial charge in [0.05, 0.1) is 10.7 Å². The average Bonchev–Trinajstić information content (AvgIpc) is 1.98. The monoisotopic (exact) mass is 171 g/mol. The lowest BCUT2D eigenvalue weighted by molar-refractivity contribution is 0.793. The van der Waals surface area contributed by atoms with Gasteiger partial charge in [-0.3, -0.25) is 0 Å². The summed E-state index contributed by atoms with van der Waals surface area (Å²) < 4.78 is 0. The third kappa shape index (κ3) is 2.06. The SMILES string of the molecule is CNCc1nc(N)ccc1Cl. The molecule has 0 spiro atoms. The summed E-state index contributed by atoms with van der Waals surface area (Å²) >= 11 is 5.82. The van der Waals surface area contributed by atoms with Crippen LogP contribution in [0.5, 0.6) is 0 Å². The van der Waals surface area contributed by atoms with Crippen molar-refractivity contribution in [3.8, 4) is 0 Å². The minimum Gasteiger partial charge on any atom is -0.384 e. The molecule has 0 aromatic carbocycles. The van der Waals surface area contributed by atoms with Crippen molar-refractivity contribution in [3.05, 3.63) is 22.8 Å². The number of aromatic nitrogens is 1. The molecular weight excluding hydrogens is 162 g/mol. The summed E-state index contributed by atoms with van der Waals surface area (Å²) in [5.74, 6) is 0.500. The van der Waals surface area contributed by atoms with E-state index in [1.165, 1.54) is 0 Å². The summed E-state index contributed by atoms with van der Waals surface area (Å²) in [4.78, 5) is 4.05. The molecule has 0 aliphatic heterocycles. The second-order valence-electron chi connectivity index (χ2n) is 2.19. The molecule has 1 heterocycles. The Balaban J connectivity index is 2.93. The molecule has 1 rings (SSSR count). The van der Waals surface area contributed by atoms with Crippen molar-refractivity contribution < 1.29 is 0 Å². The van der Waals surface area contributed by atoms with Gasteiger partial charge in [0, 0.05) is 6.54 Å². The zero-order valence-corrected chi connectivity index (χ0v) is 7.02. The lowest BCUT2D eigenvalue weighted by Crippen LogP contribution is -2.08. The average molecular weight is 172 g/mol. The second-order valence-corrected chi connectivity index (χ2v) is 2.60. The fourth-order valence-electron chi connectivity index (χ4n) is 0.793. The molecular formula is C7H10ClN3. The molecule has 0 unspecified atom stereocenters. The molecule has 4 heteroatoms. The van der Waals surface area contributed by atoms with Crippen molar-refractivity contribution >= 4 is 17.4 Å². The number of hydrogen-bond donors (Lipinski definition) is 2. The number of nitrogens with one attached hydrogen (secondary N) is 1. The highest BCUT2D eigenvalue weighted by Gasteiger charge is 1.99. The Morgan fingerprint density at radius 3 is 3.00 bits per heavy atom. The van der Waals surface area contributed by atoms with Crippen molar-refractivity contribution in [1.82, 2.24) is 10.3 Å². The number of hydrogen-bond acceptors (Lipinski definition) is 3. The third-order valence-electron chi connectivity index (χ3n) is 1.28. The normalized spacial score (nSPS) is 10.0. The highest BCUT2D eigenvalue weighted by atomic mass is 35.5. The highest BCUT2D eigenvalue weighted by Crippen LogP contribution is 2.14. The maximum Gasteiger partial charge on any atom is 0.123 e. The Morgan fingerprint density at radius 1 is 1.64 bits per heavy atom. The minimum atomic E-state index is 0.500. The first kappa shape index (κ1) is 8.30. The van der Waals surface area contributed by atoms with Gasteiger partial charge in [0.1, 0.15) is 5.82 Å². The summed E-state index contributed by atoms with van der Waals surface area (Å²) in [7, 11) is 1.83. The molecule has 0 saturated carbocycles. The fraction of sp³-hybridized carbons (Fsp3) is 0.286. The summed E-state index contributed by atoms with van der Waals surface area (Å²) in [5, 5.41) is 3.60. The molecule has 0 aliphatic carbocycles. The lowest BCUT2D eigenvalue weighted by Gasteiger charge is -2.02. The van der Waals surface area contributed by atoms with E-state index in [1.807, 2.05) is 7.05 Å². The quantitative estimate of drug-likeness (QED) is 0.699. The van der Waals surface area contributed by atoms with E-state index >= 15 is 0 Å². The van der Waals surface area contributed by atoms with Crippen LogP contribution >= 0.6 is 11.6 Å². The lowest BCUT2D eigenvalue weighted by atomic mass is 10.3. The zero-order valence-electron chi connectivity index (χ0n) is 6.26. The van der Waals surface area contributed by atoms with Crippen LogP contribution in [-0.4, -0.2) is 12.0 Å². The Hall–Kier alpha value is -0.800. The summed E-state index contributed by atoms with van der Waals surface area (Å²) in [6.07, 6.45) is 0. The molecule has 0 fully saturated rings. The smallest absolute Gasteiger partial charge is 0.123 e. The van der Waals surface area contributed by atoms with E-state index in [2.05, 4.69) is 10.3 Å². The van der Waals surface area contributed by atoms with Crippen molar-refractivity contribution in [1.29, 1.82) is 0 Å². The number of nitrogens with two attached hydrogens (primary N) is 1. The Kier molecular flexibility index (Phi) is 2.68. The predicted octanol–water partition coefficient (Wildman–Crippen LogP) is 1.04. The molecule has 11 heavy (non-hydrogen) atoms. The summed E-state index contributed by atoms with van der Waals surface area (Å²) in [6.45, 7) is 0.643. The molecule has 0 bridgehead atoms. The van der Waals surface area contributed by atoms with Gasteiger partial charge in [0.15, 0.2) is 0 Å². The Labute approximate surface area is 70.6 Å². The van der Waals surface area contributed by atoms with Gasteiger partial charge < -0.3 is 11.1 Å². The van der Waals surface area contributed by atoms with Crippen LogP contribution in [0.3, 0.4) is 0 Å². The van der Waals surface area contributed by atoms with Crippen LogP contribution in [-0.2, 0) is 6.54 Å². The number of nitrogen functional groups attached to an aromatic ring is 1. The number of rotatable bonds is 2. The number of anilines is 1. The van der Waals surface area contributed by atoms with Crippen LogP contribution in [0.4, 0.5) is 5.82 Å². The molecule has 3 N–H and O–H groups in total. The molecule has 0 radical (unpaired) electrons. The Morgan fingerprint density at radius 2 is 2.36 bits per heavy atom. The van der Waals surface area contributed by atoms with Crippen LogP contribution < -0.4 is 11.1 Å². The first-order valence-corrected chi connectivity index (χ1v) is 3.67. The molecule has 0 saturated heterocycles. The zero-order chi connectivity index (χ0) is 8.27. The molecule has 1 aromatic heterocycles. The standard InChI is InChI=1S/C7H10ClN3/c1-10-4-6-5(8)2-3-7(9)11-6/h2-3,10H,4H2,1H3,(H2,9,11). The van der Waals surface area contributed by atoms with Crippen molar-refractivity contribution in [2.24, 2.45) is 0 Å². The summed E-state index contributed by atoms with van der Waals surface area (Å²) in [6, 6.07) is 3.43. The van der Waals surface area contributed by atoms with Crippen LogP contribution in [0.15, 0.2) is 12.1 Å². The van der Waals surface area contributed by atoms with Gasteiger partial charge in [-0.1, -0.05) is 11.6 Å². The van der Waals surface area contributed by atoms with Crippen LogP contribution in [0, 0.1) is 0 Å². The predicted molar refractivity (Wildman–Crippen MR) is 46.4 cm³/mol. The van der Waals surface area contributed by atoms with Gasteiger partial charge in [0.2, 0.25) is 0 Å². The molecule has 3 nitrogen and oxygen atoms in total. The maximum absolute atomic E-state index is 5.82. The molecule has 0 amide bonds. The van der Waals surface area contributed by atoms with E-state index in [1.54, 1.807) is 12.1 Å². The first-order chi connectivity index (χ1) is 5.24.